The van der Waals surface area contributed by atoms with Gasteiger partial charge in [-0.05, 0) is 104 Å². The molecule has 0 unspecified atom stereocenters. The number of hydrogen-bond donors (Lipinski definition) is 0. The first-order valence-corrected chi connectivity index (χ1v) is 17.1. The fourth-order valence-corrected chi connectivity index (χ4v) is 7.03. The van der Waals surface area contributed by atoms with Crippen molar-refractivity contribution >= 4 is 60.5 Å². The topological polar surface area (TPSA) is 16.4 Å². The van der Waals surface area contributed by atoms with Gasteiger partial charge in [-0.2, -0.15) is 0 Å². The van der Waals surface area contributed by atoms with Crippen molar-refractivity contribution in [3.8, 4) is 33.4 Å². The van der Waals surface area contributed by atoms with Crippen LogP contribution in [0.5, 0.6) is 0 Å². The fraction of sp³-hybridized carbons (Fsp3) is 0. The van der Waals surface area contributed by atoms with Gasteiger partial charge < -0.3 is 9.32 Å². The predicted molar refractivity (Wildman–Crippen MR) is 220 cm³/mol. The molecule has 10 rings (SSSR count). The van der Waals surface area contributed by atoms with E-state index in [-0.39, 0.29) is 46.7 Å². The van der Waals surface area contributed by atoms with Gasteiger partial charge in [0.25, 0.3) is 0 Å². The molecule has 0 atom stereocenters. The van der Waals surface area contributed by atoms with Crippen LogP contribution >= 0.6 is 0 Å². The maximum absolute atomic E-state index is 9.46. The van der Waals surface area contributed by atoms with E-state index in [9.17, 15) is 8.22 Å². The summed E-state index contributed by atoms with van der Waals surface area (Å²) < 4.78 is 81.1. The van der Waals surface area contributed by atoms with Crippen LogP contribution in [0.4, 0.5) is 17.1 Å². The lowest BCUT2D eigenvalue weighted by Crippen LogP contribution is -2.09. The minimum atomic E-state index is -0.394. The molecule has 52 heavy (non-hydrogen) atoms. The lowest BCUT2D eigenvalue weighted by molar-refractivity contribution is 0.673. The number of furan rings is 1. The second-order valence-electron chi connectivity index (χ2n) is 12.7. The molecule has 0 saturated carbocycles. The van der Waals surface area contributed by atoms with E-state index in [1.54, 1.807) is 48.5 Å². The summed E-state index contributed by atoms with van der Waals surface area (Å²) >= 11 is 0. The lowest BCUT2D eigenvalue weighted by Gasteiger charge is -2.26. The van der Waals surface area contributed by atoms with Crippen molar-refractivity contribution in [1.82, 2.24) is 0 Å². The summed E-state index contributed by atoms with van der Waals surface area (Å²) in [4.78, 5) is 1.34. The third-order valence-corrected chi connectivity index (χ3v) is 9.60. The Hall–Kier alpha value is -6.90. The first-order valence-electron chi connectivity index (χ1n) is 21.1. The van der Waals surface area contributed by atoms with Crippen LogP contribution in [0.2, 0.25) is 0 Å². The summed E-state index contributed by atoms with van der Waals surface area (Å²) in [5, 5.41) is 5.82. The van der Waals surface area contributed by atoms with Gasteiger partial charge in [-0.1, -0.05) is 145 Å². The highest BCUT2D eigenvalue weighted by molar-refractivity contribution is 6.19. The molecule has 0 bridgehead atoms. The monoisotopic (exact) mass is 671 g/mol. The number of benzene rings is 9. The zero-order valence-corrected chi connectivity index (χ0v) is 27.8. The zero-order valence-electron chi connectivity index (χ0n) is 35.8. The van der Waals surface area contributed by atoms with Gasteiger partial charge in [0.05, 0.1) is 11.0 Å². The van der Waals surface area contributed by atoms with E-state index in [0.29, 0.717) is 16.8 Å². The first kappa shape index (κ1) is 22.7. The third-order valence-electron chi connectivity index (χ3n) is 9.60. The van der Waals surface area contributed by atoms with Crippen LogP contribution in [0.3, 0.4) is 0 Å². The van der Waals surface area contributed by atoms with Crippen molar-refractivity contribution in [1.29, 1.82) is 0 Å². The molecule has 2 heteroatoms. The fourth-order valence-electron chi connectivity index (χ4n) is 7.03. The number of nitrogens with zero attached hydrogens (tertiary/aromatic N) is 1. The maximum atomic E-state index is 9.46. The Kier molecular flexibility index (Phi) is 5.45. The molecule has 244 valence electrons. The molecular weight excluding hydrogens is 631 g/mol. The largest absolute Gasteiger partial charge is 0.455 e. The average Bonchev–Trinajstić information content (AvgIpc) is 3.68. The average molecular weight is 672 g/mol. The highest BCUT2D eigenvalue weighted by Crippen LogP contribution is 2.42. The van der Waals surface area contributed by atoms with Gasteiger partial charge in [0.15, 0.2) is 0 Å². The molecule has 1 heterocycles. The normalized spacial score (nSPS) is 13.6. The molecule has 0 amide bonds. The lowest BCUT2D eigenvalue weighted by atomic mass is 9.97. The number of anilines is 3. The van der Waals surface area contributed by atoms with E-state index in [1.807, 2.05) is 84.9 Å². The van der Waals surface area contributed by atoms with Crippen LogP contribution in [0.25, 0.3) is 76.9 Å². The Labute approximate surface area is 313 Å². The molecule has 0 radical (unpaired) electrons. The summed E-state index contributed by atoms with van der Waals surface area (Å²) in [5.74, 6) is 0. The van der Waals surface area contributed by atoms with Crippen LogP contribution < -0.4 is 4.90 Å². The Morgan fingerprint density at radius 1 is 0.385 bits per heavy atom. The van der Waals surface area contributed by atoms with E-state index < -0.39 is 24.2 Å². The minimum Gasteiger partial charge on any atom is -0.455 e. The van der Waals surface area contributed by atoms with Crippen molar-refractivity contribution in [3.05, 3.63) is 200 Å². The van der Waals surface area contributed by atoms with E-state index in [2.05, 4.69) is 18.2 Å². The molecule has 1 aromatic heterocycles. The molecule has 0 spiro atoms. The van der Waals surface area contributed by atoms with Crippen LogP contribution in [0.15, 0.2) is 204 Å². The molecule has 9 aromatic carbocycles. The number of fused-ring (bicyclic) bond motifs is 6. The molecule has 0 fully saturated rings. The molecule has 0 N–H and O–H groups in total. The van der Waals surface area contributed by atoms with Gasteiger partial charge >= 0.3 is 0 Å². The summed E-state index contributed by atoms with van der Waals surface area (Å²) in [6, 6.07) is 44.5. The zero-order chi connectivity index (χ0) is 41.4. The SMILES string of the molecule is [2H]c1c([2H])c(N(c2ccc(-c3cccc4oc5c6ccccc6ccc5c34)cc2)c2c([2H])c([2H])c(-c3ccc4ccccc4c3)c([2H])c2[2H])c([2H])c([2H])c1-c1ccccc1. The van der Waals surface area contributed by atoms with Gasteiger partial charge in [0, 0.05) is 33.2 Å². The second kappa shape index (κ2) is 12.5. The minimum absolute atomic E-state index is 0.113. The molecule has 0 aliphatic rings. The Balaban J connectivity index is 1.19. The summed E-state index contributed by atoms with van der Waals surface area (Å²) in [5.41, 5.74) is 4.40. The van der Waals surface area contributed by atoms with Crippen LogP contribution in [-0.4, -0.2) is 0 Å². The Bertz CT molecular complexity index is 3300. The van der Waals surface area contributed by atoms with E-state index in [1.165, 1.54) is 4.90 Å². The third kappa shape index (κ3) is 5.21. The molecule has 2 nitrogen and oxygen atoms in total. The van der Waals surface area contributed by atoms with Gasteiger partial charge in [-0.25, -0.2) is 0 Å². The highest BCUT2D eigenvalue weighted by atomic mass is 16.3. The van der Waals surface area contributed by atoms with Crippen LogP contribution in [0, 0.1) is 0 Å². The van der Waals surface area contributed by atoms with Gasteiger partial charge in [-0.3, -0.25) is 0 Å². The van der Waals surface area contributed by atoms with E-state index >= 15 is 0 Å². The predicted octanol–water partition coefficient (Wildman–Crippen LogP) is 14.4. The Morgan fingerprint density at radius 3 is 1.75 bits per heavy atom. The van der Waals surface area contributed by atoms with Crippen molar-refractivity contribution in [2.45, 2.75) is 0 Å². The standard InChI is InChI=1S/C50H33NO/c1-2-9-34(10-3-1)36-19-26-42(27-20-36)51(43-28-21-37(22-29-43)41-18-17-35-11-4-5-13-40(35)33-41)44-30-23-39(24-31-44)45-15-8-16-48-49(45)47-32-25-38-12-6-7-14-46(38)50(47)52-48/h1-33H/i19D,20D,21D,22D,26D,27D,28D,29D. The van der Waals surface area contributed by atoms with Crippen LogP contribution in [-0.2, 0) is 0 Å². The maximum Gasteiger partial charge on any atom is 0.143 e. The molecule has 0 aliphatic heterocycles. The van der Waals surface area contributed by atoms with Crippen molar-refractivity contribution < 1.29 is 15.4 Å². The molecule has 0 aliphatic carbocycles. The summed E-state index contributed by atoms with van der Waals surface area (Å²) in [6.07, 6.45) is 0. The summed E-state index contributed by atoms with van der Waals surface area (Å²) in [6.45, 7) is 0. The summed E-state index contributed by atoms with van der Waals surface area (Å²) in [7, 11) is 0. The van der Waals surface area contributed by atoms with Gasteiger partial charge in [-0.15, -0.1) is 0 Å². The first-order chi connectivity index (χ1) is 29.1. The molecule has 0 saturated heterocycles. The van der Waals surface area contributed by atoms with E-state index in [4.69, 9.17) is 7.16 Å². The van der Waals surface area contributed by atoms with Crippen molar-refractivity contribution in [2.24, 2.45) is 0 Å². The Morgan fingerprint density at radius 2 is 1.00 bits per heavy atom. The van der Waals surface area contributed by atoms with Crippen molar-refractivity contribution in [2.75, 3.05) is 4.90 Å². The second-order valence-corrected chi connectivity index (χ2v) is 12.7. The van der Waals surface area contributed by atoms with Gasteiger partial charge in [0.1, 0.15) is 11.2 Å². The number of hydrogen-bond acceptors (Lipinski definition) is 2. The molecular formula is C50H33NO. The van der Waals surface area contributed by atoms with Crippen LogP contribution in [0.1, 0.15) is 11.0 Å². The van der Waals surface area contributed by atoms with Gasteiger partial charge in [0.2, 0.25) is 0 Å². The highest BCUT2D eigenvalue weighted by Gasteiger charge is 2.17. The molecule has 10 aromatic rings. The smallest absolute Gasteiger partial charge is 0.143 e. The number of rotatable bonds is 6. The van der Waals surface area contributed by atoms with E-state index in [0.717, 1.165) is 54.6 Å². The quantitative estimate of drug-likeness (QED) is 0.175. The van der Waals surface area contributed by atoms with Crippen molar-refractivity contribution in [3.63, 3.8) is 0 Å².